The number of benzene rings is 1. The molecule has 1 heterocycles. The Labute approximate surface area is 113 Å². The zero-order chi connectivity index (χ0) is 13.1. The number of hydrogen-bond acceptors (Lipinski definition) is 2. The van der Waals surface area contributed by atoms with Crippen LogP contribution in [-0.4, -0.2) is 9.55 Å². The molecule has 0 spiro atoms. The number of rotatable bonds is 4. The molecule has 2 aromatic rings. The number of aryl methyl sites for hydroxylation is 1. The molecule has 0 aliphatic rings. The maximum atomic E-state index is 6.18. The summed E-state index contributed by atoms with van der Waals surface area (Å²) in [4.78, 5) is 4.55. The molecule has 1 aromatic carbocycles. The maximum Gasteiger partial charge on any atom is 0.109 e. The van der Waals surface area contributed by atoms with Gasteiger partial charge in [-0.05, 0) is 18.6 Å². The van der Waals surface area contributed by atoms with Gasteiger partial charge in [0, 0.05) is 23.7 Å². The lowest BCUT2D eigenvalue weighted by atomic mass is 10.2. The first kappa shape index (κ1) is 13.1. The first-order valence-electron chi connectivity index (χ1n) is 6.16. The molecule has 3 nitrogen and oxygen atoms in total. The molecule has 0 saturated heterocycles. The van der Waals surface area contributed by atoms with E-state index in [9.17, 15) is 0 Å². The molecule has 1 atom stereocenters. The molecule has 18 heavy (non-hydrogen) atoms. The van der Waals surface area contributed by atoms with Gasteiger partial charge in [0.05, 0.1) is 12.2 Å². The number of nitrogens with zero attached hydrogens (tertiary/aromatic N) is 2. The molecule has 4 heteroatoms. The third-order valence-electron chi connectivity index (χ3n) is 2.96. The Hall–Kier alpha value is -1.32. The first-order chi connectivity index (χ1) is 8.61. The van der Waals surface area contributed by atoms with Crippen LogP contribution in [0.15, 0.2) is 30.5 Å². The highest BCUT2D eigenvalue weighted by molar-refractivity contribution is 6.31. The average molecular weight is 264 g/mol. The van der Waals surface area contributed by atoms with Crippen LogP contribution in [0.5, 0.6) is 0 Å². The van der Waals surface area contributed by atoms with Crippen LogP contribution in [0.1, 0.15) is 37.0 Å². The van der Waals surface area contributed by atoms with Crippen molar-refractivity contribution in [3.63, 3.8) is 0 Å². The number of nitrogens with two attached hydrogens (primary N) is 1. The average Bonchev–Trinajstić information content (AvgIpc) is 2.75. The summed E-state index contributed by atoms with van der Waals surface area (Å²) in [5.74, 6) is 1.04. The number of imidazole rings is 1. The summed E-state index contributed by atoms with van der Waals surface area (Å²) in [6.45, 7) is 4.78. The lowest BCUT2D eigenvalue weighted by molar-refractivity contribution is 0.732. The summed E-state index contributed by atoms with van der Waals surface area (Å²) in [5.41, 5.74) is 7.90. The van der Waals surface area contributed by atoms with Crippen LogP contribution in [-0.2, 0) is 13.0 Å². The zero-order valence-corrected chi connectivity index (χ0v) is 11.5. The van der Waals surface area contributed by atoms with E-state index < -0.39 is 0 Å². The molecule has 2 N–H and O–H groups in total. The SMILES string of the molecule is CCc1nc(C(C)N)cn1Cc1ccccc1Cl. The molecule has 0 amide bonds. The van der Waals surface area contributed by atoms with Crippen molar-refractivity contribution >= 4 is 11.6 Å². The van der Waals surface area contributed by atoms with Gasteiger partial charge in [-0.3, -0.25) is 0 Å². The van der Waals surface area contributed by atoms with Gasteiger partial charge >= 0.3 is 0 Å². The lowest BCUT2D eigenvalue weighted by Crippen LogP contribution is -2.05. The summed E-state index contributed by atoms with van der Waals surface area (Å²) in [7, 11) is 0. The Balaban J connectivity index is 2.31. The fraction of sp³-hybridized carbons (Fsp3) is 0.357. The Morgan fingerprint density at radius 2 is 2.11 bits per heavy atom. The molecule has 0 radical (unpaired) electrons. The second-order valence-corrected chi connectivity index (χ2v) is 4.85. The van der Waals surface area contributed by atoms with Crippen molar-refractivity contribution in [2.45, 2.75) is 32.9 Å². The molecule has 0 bridgehead atoms. The lowest BCUT2D eigenvalue weighted by Gasteiger charge is -2.07. The van der Waals surface area contributed by atoms with Gasteiger partial charge in [-0.15, -0.1) is 0 Å². The third kappa shape index (κ3) is 2.74. The minimum atomic E-state index is -0.0391. The highest BCUT2D eigenvalue weighted by atomic mass is 35.5. The summed E-state index contributed by atoms with van der Waals surface area (Å²) >= 11 is 6.18. The predicted octanol–water partition coefficient (Wildman–Crippen LogP) is 3.17. The second-order valence-electron chi connectivity index (χ2n) is 4.44. The number of aromatic nitrogens is 2. The van der Waals surface area contributed by atoms with Crippen molar-refractivity contribution in [1.29, 1.82) is 0 Å². The van der Waals surface area contributed by atoms with E-state index in [2.05, 4.69) is 16.5 Å². The van der Waals surface area contributed by atoms with E-state index >= 15 is 0 Å². The summed E-state index contributed by atoms with van der Waals surface area (Å²) in [6, 6.07) is 7.84. The normalized spacial score (nSPS) is 12.7. The van der Waals surface area contributed by atoms with Crippen LogP contribution >= 0.6 is 11.6 Å². The van der Waals surface area contributed by atoms with Crippen LogP contribution in [0.3, 0.4) is 0 Å². The molecule has 0 aliphatic carbocycles. The van der Waals surface area contributed by atoms with Crippen molar-refractivity contribution in [2.24, 2.45) is 5.73 Å². The highest BCUT2D eigenvalue weighted by Gasteiger charge is 2.10. The van der Waals surface area contributed by atoms with E-state index in [0.717, 1.165) is 35.1 Å². The van der Waals surface area contributed by atoms with E-state index in [1.807, 2.05) is 37.4 Å². The zero-order valence-electron chi connectivity index (χ0n) is 10.7. The van der Waals surface area contributed by atoms with E-state index in [4.69, 9.17) is 17.3 Å². The van der Waals surface area contributed by atoms with Gasteiger partial charge < -0.3 is 10.3 Å². The highest BCUT2D eigenvalue weighted by Crippen LogP contribution is 2.18. The Morgan fingerprint density at radius 1 is 1.39 bits per heavy atom. The molecule has 0 saturated carbocycles. The van der Waals surface area contributed by atoms with Crippen molar-refractivity contribution in [3.05, 3.63) is 52.6 Å². The summed E-state index contributed by atoms with van der Waals surface area (Å²) in [5, 5.41) is 0.788. The molecule has 96 valence electrons. The monoisotopic (exact) mass is 263 g/mol. The molecule has 1 unspecified atom stereocenters. The van der Waals surface area contributed by atoms with Crippen molar-refractivity contribution in [3.8, 4) is 0 Å². The van der Waals surface area contributed by atoms with E-state index in [0.29, 0.717) is 0 Å². The first-order valence-corrected chi connectivity index (χ1v) is 6.54. The third-order valence-corrected chi connectivity index (χ3v) is 3.33. The molecular formula is C14H18ClN3. The smallest absolute Gasteiger partial charge is 0.109 e. The van der Waals surface area contributed by atoms with Crippen LogP contribution in [0, 0.1) is 0 Å². The van der Waals surface area contributed by atoms with Crippen LogP contribution in [0.25, 0.3) is 0 Å². The molecule has 1 aromatic heterocycles. The van der Waals surface area contributed by atoms with Crippen molar-refractivity contribution in [2.75, 3.05) is 0 Å². The van der Waals surface area contributed by atoms with Gasteiger partial charge in [0.2, 0.25) is 0 Å². The Bertz CT molecular complexity index is 532. The Kier molecular flexibility index (Phi) is 4.04. The largest absolute Gasteiger partial charge is 0.330 e. The predicted molar refractivity (Wildman–Crippen MR) is 74.8 cm³/mol. The van der Waals surface area contributed by atoms with E-state index in [1.165, 1.54) is 0 Å². The minimum absolute atomic E-state index is 0.0391. The molecular weight excluding hydrogens is 246 g/mol. The van der Waals surface area contributed by atoms with Gasteiger partial charge in [-0.25, -0.2) is 4.98 Å². The number of hydrogen-bond donors (Lipinski definition) is 1. The minimum Gasteiger partial charge on any atom is -0.330 e. The van der Waals surface area contributed by atoms with Crippen LogP contribution < -0.4 is 5.73 Å². The van der Waals surface area contributed by atoms with Crippen molar-refractivity contribution in [1.82, 2.24) is 9.55 Å². The van der Waals surface area contributed by atoms with Crippen molar-refractivity contribution < 1.29 is 0 Å². The van der Waals surface area contributed by atoms with Gasteiger partial charge in [0.25, 0.3) is 0 Å². The fourth-order valence-corrected chi connectivity index (χ4v) is 2.12. The quantitative estimate of drug-likeness (QED) is 0.921. The molecule has 0 aliphatic heterocycles. The van der Waals surface area contributed by atoms with Crippen LogP contribution in [0.2, 0.25) is 5.02 Å². The van der Waals surface area contributed by atoms with Gasteiger partial charge in [0.15, 0.2) is 0 Å². The summed E-state index contributed by atoms with van der Waals surface area (Å²) < 4.78 is 2.12. The maximum absolute atomic E-state index is 6.18. The van der Waals surface area contributed by atoms with Gasteiger partial charge in [-0.2, -0.15) is 0 Å². The second kappa shape index (κ2) is 5.55. The van der Waals surface area contributed by atoms with E-state index in [-0.39, 0.29) is 6.04 Å². The van der Waals surface area contributed by atoms with Gasteiger partial charge in [0.1, 0.15) is 5.82 Å². The number of halogens is 1. The Morgan fingerprint density at radius 3 is 2.72 bits per heavy atom. The topological polar surface area (TPSA) is 43.8 Å². The standard InChI is InChI=1S/C14H18ClN3/c1-3-14-17-13(10(2)16)9-18(14)8-11-6-4-5-7-12(11)15/h4-7,9-10H,3,8,16H2,1-2H3. The summed E-state index contributed by atoms with van der Waals surface area (Å²) in [6.07, 6.45) is 2.91. The molecule has 0 fully saturated rings. The molecule has 2 rings (SSSR count). The van der Waals surface area contributed by atoms with E-state index in [1.54, 1.807) is 0 Å². The van der Waals surface area contributed by atoms with Crippen LogP contribution in [0.4, 0.5) is 0 Å². The fourth-order valence-electron chi connectivity index (χ4n) is 1.92. The van der Waals surface area contributed by atoms with Gasteiger partial charge in [-0.1, -0.05) is 36.7 Å².